The predicted octanol–water partition coefficient (Wildman–Crippen LogP) is 2.33. The van der Waals surface area contributed by atoms with Crippen molar-refractivity contribution in [2.75, 3.05) is 0 Å². The molecule has 0 bridgehead atoms. The predicted molar refractivity (Wildman–Crippen MR) is 102 cm³/mol. The Morgan fingerprint density at radius 3 is 2.38 bits per heavy atom. The number of rotatable bonds is 3. The molecule has 0 atom stereocenters. The molecule has 2 aromatic carbocycles. The third-order valence-electron chi connectivity index (χ3n) is 4.18. The van der Waals surface area contributed by atoms with Crippen molar-refractivity contribution >= 4 is 22.7 Å². The Morgan fingerprint density at radius 2 is 1.81 bits per heavy atom. The molecule has 26 heavy (non-hydrogen) atoms. The summed E-state index contributed by atoms with van der Waals surface area (Å²) in [6.45, 7) is 2.43. The van der Waals surface area contributed by atoms with Crippen LogP contribution in [0.25, 0.3) is 22.0 Å². The van der Waals surface area contributed by atoms with E-state index < -0.39 is 5.91 Å². The fourth-order valence-corrected chi connectivity index (χ4v) is 2.91. The molecule has 0 saturated heterocycles. The minimum absolute atomic E-state index is 0.00463. The van der Waals surface area contributed by atoms with E-state index in [-0.39, 0.29) is 5.91 Å². The third kappa shape index (κ3) is 3.36. The van der Waals surface area contributed by atoms with Gasteiger partial charge in [-0.2, -0.15) is 0 Å². The van der Waals surface area contributed by atoms with E-state index in [0.29, 0.717) is 12.1 Å². The normalized spacial score (nSPS) is 12.2. The first-order valence-corrected chi connectivity index (χ1v) is 8.18. The van der Waals surface area contributed by atoms with Gasteiger partial charge in [0.1, 0.15) is 0 Å². The Bertz CT molecular complexity index is 1020. The van der Waals surface area contributed by atoms with Crippen LogP contribution in [0.15, 0.2) is 54.7 Å². The highest BCUT2D eigenvalue weighted by Crippen LogP contribution is 2.33. The van der Waals surface area contributed by atoms with Crippen LogP contribution in [0, 0.1) is 6.92 Å². The van der Waals surface area contributed by atoms with Gasteiger partial charge in [0.15, 0.2) is 0 Å². The van der Waals surface area contributed by atoms with E-state index >= 15 is 0 Å². The molecule has 1 aromatic heterocycles. The monoisotopic (exact) mass is 348 g/mol. The molecule has 132 valence electrons. The largest absolute Gasteiger partial charge is 0.366 e. The van der Waals surface area contributed by atoms with Crippen molar-refractivity contribution in [1.29, 1.82) is 0 Å². The van der Waals surface area contributed by atoms with Crippen molar-refractivity contribution in [3.63, 3.8) is 0 Å². The summed E-state index contributed by atoms with van der Waals surface area (Å²) >= 11 is 0. The van der Waals surface area contributed by atoms with Gasteiger partial charge in [0.25, 0.3) is 5.91 Å². The van der Waals surface area contributed by atoms with Gasteiger partial charge in [-0.05, 0) is 35.7 Å². The second-order valence-corrected chi connectivity index (χ2v) is 5.97. The number of hydrogen-bond acceptors (Lipinski definition) is 3. The molecule has 0 unspecified atom stereocenters. The van der Waals surface area contributed by atoms with E-state index in [1.54, 1.807) is 12.3 Å². The minimum Gasteiger partial charge on any atom is -0.366 e. The molecular formula is C20H20N4O2. The Labute approximate surface area is 150 Å². The van der Waals surface area contributed by atoms with Crippen LogP contribution in [-0.4, -0.2) is 16.8 Å². The molecule has 4 rings (SSSR count). The first-order valence-electron chi connectivity index (χ1n) is 8.18. The van der Waals surface area contributed by atoms with Crippen LogP contribution in [-0.2, 0) is 11.3 Å². The van der Waals surface area contributed by atoms with E-state index in [1.165, 1.54) is 6.08 Å². The lowest BCUT2D eigenvalue weighted by Gasteiger charge is -2.10. The highest BCUT2D eigenvalue weighted by molar-refractivity contribution is 6.09. The van der Waals surface area contributed by atoms with Crippen molar-refractivity contribution in [3.8, 4) is 11.1 Å². The van der Waals surface area contributed by atoms with Crippen molar-refractivity contribution in [3.05, 3.63) is 71.6 Å². The Morgan fingerprint density at radius 1 is 1.12 bits per heavy atom. The number of carbonyl (C=O) groups excluding carboxylic acids is 2. The molecule has 0 radical (unpaired) electrons. The maximum absolute atomic E-state index is 11.6. The number of H-pyrrole nitrogens is 1. The zero-order chi connectivity index (χ0) is 18.7. The van der Waals surface area contributed by atoms with Gasteiger partial charge in [0.2, 0.25) is 5.91 Å². The second kappa shape index (κ2) is 7.25. The molecule has 0 saturated carbocycles. The third-order valence-corrected chi connectivity index (χ3v) is 4.18. The minimum atomic E-state index is -0.430. The number of nitrogens with one attached hydrogen (secondary N) is 2. The van der Waals surface area contributed by atoms with Crippen LogP contribution in [0.3, 0.4) is 0 Å². The van der Waals surface area contributed by atoms with Crippen molar-refractivity contribution in [2.24, 2.45) is 11.5 Å². The topological polar surface area (TPSA) is 114 Å². The van der Waals surface area contributed by atoms with Gasteiger partial charge < -0.3 is 21.8 Å². The van der Waals surface area contributed by atoms with Gasteiger partial charge in [-0.25, -0.2) is 0 Å². The molecule has 6 heteroatoms. The summed E-state index contributed by atoms with van der Waals surface area (Å²) in [5, 5.41) is 3.38. The molecule has 3 aromatic rings. The first kappa shape index (κ1) is 17.4. The van der Waals surface area contributed by atoms with Crippen molar-refractivity contribution in [2.45, 2.75) is 13.5 Å². The van der Waals surface area contributed by atoms with Gasteiger partial charge in [-0.1, -0.05) is 30.3 Å². The van der Waals surface area contributed by atoms with Gasteiger partial charge in [0, 0.05) is 29.9 Å². The average molecular weight is 348 g/mol. The van der Waals surface area contributed by atoms with Crippen molar-refractivity contribution in [1.82, 2.24) is 10.3 Å². The van der Waals surface area contributed by atoms with Gasteiger partial charge in [0.05, 0.1) is 11.1 Å². The van der Waals surface area contributed by atoms with Crippen LogP contribution in [0.2, 0.25) is 0 Å². The summed E-state index contributed by atoms with van der Waals surface area (Å²) in [5.41, 5.74) is 16.8. The number of aryl methyl sites for hydroxylation is 1. The summed E-state index contributed by atoms with van der Waals surface area (Å²) in [4.78, 5) is 24.5. The zero-order valence-electron chi connectivity index (χ0n) is 14.4. The number of benzene rings is 2. The van der Waals surface area contributed by atoms with E-state index in [9.17, 15) is 9.59 Å². The molecule has 1 aliphatic rings. The van der Waals surface area contributed by atoms with E-state index in [0.717, 1.165) is 33.3 Å². The van der Waals surface area contributed by atoms with Gasteiger partial charge >= 0.3 is 0 Å². The van der Waals surface area contributed by atoms with Crippen molar-refractivity contribution < 1.29 is 9.59 Å². The van der Waals surface area contributed by atoms with Crippen LogP contribution in [0.4, 0.5) is 0 Å². The number of primary amides is 1. The van der Waals surface area contributed by atoms with Crippen LogP contribution < -0.4 is 16.8 Å². The fraction of sp³-hybridized carbons (Fsp3) is 0.100. The smallest absolute Gasteiger partial charge is 0.250 e. The highest BCUT2D eigenvalue weighted by Gasteiger charge is 2.14. The summed E-state index contributed by atoms with van der Waals surface area (Å²) in [6.07, 6.45) is 3.07. The quantitative estimate of drug-likeness (QED) is 0.582. The Hall–Kier alpha value is -3.38. The lowest BCUT2D eigenvalue weighted by molar-refractivity contribution is -0.117. The lowest BCUT2D eigenvalue weighted by Crippen LogP contribution is -2.22. The van der Waals surface area contributed by atoms with E-state index in [4.69, 9.17) is 11.5 Å². The van der Waals surface area contributed by atoms with E-state index in [2.05, 4.69) is 10.3 Å². The summed E-state index contributed by atoms with van der Waals surface area (Å²) in [7, 11) is 0. The lowest BCUT2D eigenvalue weighted by atomic mass is 9.95. The molecule has 2 heterocycles. The number of carbonyl (C=O) groups is 2. The van der Waals surface area contributed by atoms with E-state index in [1.807, 2.05) is 43.3 Å². The standard InChI is InChI=1S/C17H17N3O.C3H3NO/c1-10-8-15-13(12-5-3-2-4-11(12)9-18)6-7-14(17(19)21)16(15)20-10;5-3-1-2-4-3/h2-8,20H,9,18H2,1H3,(H2,19,21);1-2H,(H,4,5). The maximum atomic E-state index is 11.6. The Balaban J connectivity index is 0.000000339. The number of fused-ring (bicyclic) bond motifs is 1. The van der Waals surface area contributed by atoms with Crippen LogP contribution in [0.5, 0.6) is 0 Å². The summed E-state index contributed by atoms with van der Waals surface area (Å²) in [5.74, 6) is -0.425. The number of aromatic amines is 1. The number of aromatic nitrogens is 1. The molecule has 0 fully saturated rings. The number of nitrogens with two attached hydrogens (primary N) is 2. The molecule has 1 aliphatic heterocycles. The molecule has 0 spiro atoms. The second-order valence-electron chi connectivity index (χ2n) is 5.97. The van der Waals surface area contributed by atoms with Gasteiger partial charge in [-0.3, -0.25) is 9.59 Å². The molecule has 0 aliphatic carbocycles. The molecule has 6 nitrogen and oxygen atoms in total. The highest BCUT2D eigenvalue weighted by atomic mass is 16.2. The first-order chi connectivity index (χ1) is 12.5. The fourth-order valence-electron chi connectivity index (χ4n) is 2.91. The molecular weight excluding hydrogens is 328 g/mol. The SMILES string of the molecule is Cc1cc2c(-c3ccccc3CN)ccc(C(N)=O)c2[nH]1.O=C1C=CN1. The molecule has 6 N–H and O–H groups in total. The number of hydrogen-bond donors (Lipinski definition) is 4. The molecule has 2 amide bonds. The summed E-state index contributed by atoms with van der Waals surface area (Å²) < 4.78 is 0. The average Bonchev–Trinajstić information content (AvgIpc) is 3.00. The number of amides is 2. The van der Waals surface area contributed by atoms with Crippen LogP contribution in [0.1, 0.15) is 21.6 Å². The maximum Gasteiger partial charge on any atom is 0.250 e. The van der Waals surface area contributed by atoms with Gasteiger partial charge in [-0.15, -0.1) is 0 Å². The zero-order valence-corrected chi connectivity index (χ0v) is 14.4. The van der Waals surface area contributed by atoms with Crippen LogP contribution >= 0.6 is 0 Å². The summed E-state index contributed by atoms with van der Waals surface area (Å²) in [6, 6.07) is 13.8. The Kier molecular flexibility index (Phi) is 4.86.